The quantitative estimate of drug-likeness (QED) is 0.843. The van der Waals surface area contributed by atoms with Crippen LogP contribution in [0.5, 0.6) is 0 Å². The van der Waals surface area contributed by atoms with E-state index in [2.05, 4.69) is 28.2 Å². The van der Waals surface area contributed by atoms with Crippen molar-refractivity contribution in [3.8, 4) is 0 Å². The largest absolute Gasteiger partial charge is 0.369 e. The second kappa shape index (κ2) is 6.01. The summed E-state index contributed by atoms with van der Waals surface area (Å²) < 4.78 is 14.5. The van der Waals surface area contributed by atoms with Crippen LogP contribution in [0.25, 0.3) is 0 Å². The molecule has 0 saturated heterocycles. The lowest BCUT2D eigenvalue weighted by atomic mass is 9.97. The van der Waals surface area contributed by atoms with Crippen LogP contribution in [0.3, 0.4) is 0 Å². The molecule has 2 rings (SSSR count). The van der Waals surface area contributed by atoms with E-state index < -0.39 is 17.6 Å². The molecule has 0 heterocycles. The fraction of sp³-hybridized carbons (Fsp3) is 0.500. The van der Waals surface area contributed by atoms with E-state index in [9.17, 15) is 9.18 Å². The summed E-state index contributed by atoms with van der Waals surface area (Å²) in [6.07, 6.45) is 2.45. The minimum atomic E-state index is -0.630. The summed E-state index contributed by atoms with van der Waals surface area (Å²) in [6, 6.07) is 5.03. The molecule has 1 aromatic carbocycles. The van der Waals surface area contributed by atoms with Crippen LogP contribution >= 0.6 is 15.9 Å². The highest BCUT2D eigenvalue weighted by molar-refractivity contribution is 9.10. The van der Waals surface area contributed by atoms with Crippen LogP contribution in [0.15, 0.2) is 22.7 Å². The molecule has 3 N–H and O–H groups in total. The van der Waals surface area contributed by atoms with Gasteiger partial charge in [-0.25, -0.2) is 4.39 Å². The molecule has 0 spiro atoms. The summed E-state index contributed by atoms with van der Waals surface area (Å²) in [4.78, 5) is 11.5. The predicted molar refractivity (Wildman–Crippen MR) is 76.2 cm³/mol. The second-order valence-electron chi connectivity index (χ2n) is 5.16. The Bertz CT molecular complexity index is 477. The minimum Gasteiger partial charge on any atom is -0.369 e. The topological polar surface area (TPSA) is 55.1 Å². The zero-order chi connectivity index (χ0) is 14.0. The number of nitrogens with one attached hydrogen (secondary N) is 1. The van der Waals surface area contributed by atoms with Crippen LogP contribution in [0.2, 0.25) is 0 Å². The summed E-state index contributed by atoms with van der Waals surface area (Å²) in [6.45, 7) is 2.47. The smallest absolute Gasteiger partial charge is 0.226 e. The van der Waals surface area contributed by atoms with E-state index >= 15 is 0 Å². The lowest BCUT2D eigenvalue weighted by molar-refractivity contribution is -0.119. The van der Waals surface area contributed by atoms with Crippen LogP contribution in [-0.4, -0.2) is 18.5 Å². The van der Waals surface area contributed by atoms with Gasteiger partial charge in [0.2, 0.25) is 5.91 Å². The van der Waals surface area contributed by atoms with Gasteiger partial charge < -0.3 is 11.1 Å². The van der Waals surface area contributed by atoms with E-state index in [-0.39, 0.29) is 0 Å². The maximum atomic E-state index is 13.9. The van der Waals surface area contributed by atoms with Gasteiger partial charge in [-0.15, -0.1) is 0 Å². The van der Waals surface area contributed by atoms with Crippen molar-refractivity contribution in [3.05, 3.63) is 34.1 Å². The van der Waals surface area contributed by atoms with Crippen LogP contribution in [0.1, 0.15) is 31.2 Å². The Morgan fingerprint density at radius 3 is 2.79 bits per heavy atom. The van der Waals surface area contributed by atoms with E-state index in [0.29, 0.717) is 28.5 Å². The monoisotopic (exact) mass is 328 g/mol. The van der Waals surface area contributed by atoms with E-state index in [1.807, 2.05) is 0 Å². The zero-order valence-corrected chi connectivity index (χ0v) is 12.4. The molecule has 0 bridgehead atoms. The number of carbonyl (C=O) groups is 1. The molecule has 5 heteroatoms. The number of carbonyl (C=O) groups excluding carboxylic acids is 1. The highest BCUT2D eigenvalue weighted by Gasteiger charge is 2.29. The molecule has 0 unspecified atom stereocenters. The lowest BCUT2D eigenvalue weighted by Crippen LogP contribution is -2.37. The Balaban J connectivity index is 2.08. The molecule has 1 fully saturated rings. The number of primary amides is 1. The van der Waals surface area contributed by atoms with Crippen molar-refractivity contribution in [1.82, 2.24) is 5.32 Å². The fourth-order valence-corrected chi connectivity index (χ4v) is 2.55. The average molecular weight is 329 g/mol. The standard InChI is InChI=1S/C14H18BrFN2O/c1-8(9-2-3-9)18-7-12(14(17)19)11-5-4-10(15)6-13(11)16/h4-6,8-9,12,18H,2-3,7H2,1H3,(H2,17,19)/t8-,12-/m1/s1. The van der Waals surface area contributed by atoms with Crippen molar-refractivity contribution in [3.63, 3.8) is 0 Å². The maximum absolute atomic E-state index is 13.9. The van der Waals surface area contributed by atoms with Crippen molar-refractivity contribution < 1.29 is 9.18 Å². The first-order valence-corrected chi connectivity index (χ1v) is 7.26. The van der Waals surface area contributed by atoms with Gasteiger partial charge in [-0.1, -0.05) is 22.0 Å². The molecule has 3 nitrogen and oxygen atoms in total. The number of amides is 1. The molecule has 1 amide bonds. The first-order chi connectivity index (χ1) is 8.99. The molecular formula is C14H18BrFN2O. The maximum Gasteiger partial charge on any atom is 0.226 e. The van der Waals surface area contributed by atoms with Crippen molar-refractivity contribution >= 4 is 21.8 Å². The Morgan fingerprint density at radius 1 is 1.58 bits per heavy atom. The summed E-state index contributed by atoms with van der Waals surface area (Å²) in [7, 11) is 0. The van der Waals surface area contributed by atoms with E-state index in [1.165, 1.54) is 18.9 Å². The van der Waals surface area contributed by atoms with Crippen LogP contribution in [0.4, 0.5) is 4.39 Å². The number of benzene rings is 1. The normalized spacial score (nSPS) is 18.1. The third kappa shape index (κ3) is 3.76. The minimum absolute atomic E-state index is 0.348. The number of rotatable bonds is 6. The summed E-state index contributed by atoms with van der Waals surface area (Å²) in [5.41, 5.74) is 5.75. The molecule has 19 heavy (non-hydrogen) atoms. The van der Waals surface area contributed by atoms with Gasteiger partial charge in [-0.2, -0.15) is 0 Å². The van der Waals surface area contributed by atoms with Crippen molar-refractivity contribution in [2.75, 3.05) is 6.54 Å². The van der Waals surface area contributed by atoms with Crippen LogP contribution in [-0.2, 0) is 4.79 Å². The predicted octanol–water partition coefficient (Wildman–Crippen LogP) is 2.55. The van der Waals surface area contributed by atoms with E-state index in [1.54, 1.807) is 12.1 Å². The highest BCUT2D eigenvalue weighted by atomic mass is 79.9. The van der Waals surface area contributed by atoms with Gasteiger partial charge in [-0.3, -0.25) is 4.79 Å². The summed E-state index contributed by atoms with van der Waals surface area (Å²) in [5.74, 6) is -0.853. The number of hydrogen-bond acceptors (Lipinski definition) is 2. The van der Waals surface area contributed by atoms with Gasteiger partial charge in [0.25, 0.3) is 0 Å². The van der Waals surface area contributed by atoms with Crippen LogP contribution < -0.4 is 11.1 Å². The molecule has 0 aliphatic heterocycles. The highest BCUT2D eigenvalue weighted by Crippen LogP contribution is 2.32. The second-order valence-corrected chi connectivity index (χ2v) is 6.07. The van der Waals surface area contributed by atoms with Crippen molar-refractivity contribution in [2.24, 2.45) is 11.7 Å². The van der Waals surface area contributed by atoms with E-state index in [4.69, 9.17) is 5.73 Å². The van der Waals surface area contributed by atoms with Crippen molar-refractivity contribution in [2.45, 2.75) is 31.7 Å². The van der Waals surface area contributed by atoms with Gasteiger partial charge >= 0.3 is 0 Å². The van der Waals surface area contributed by atoms with Gasteiger partial charge in [0.1, 0.15) is 5.82 Å². The fourth-order valence-electron chi connectivity index (χ4n) is 2.21. The SMILES string of the molecule is C[C@@H](NC[C@@H](C(N)=O)c1ccc(Br)cc1F)C1CC1. The number of hydrogen-bond donors (Lipinski definition) is 2. The first kappa shape index (κ1) is 14.5. The third-order valence-corrected chi connectivity index (χ3v) is 4.15. The van der Waals surface area contributed by atoms with E-state index in [0.717, 1.165) is 0 Å². The number of nitrogens with two attached hydrogens (primary N) is 1. The Hall–Kier alpha value is -0.940. The molecule has 2 atom stereocenters. The molecule has 0 aromatic heterocycles. The van der Waals surface area contributed by atoms with Gasteiger partial charge in [-0.05, 0) is 37.8 Å². The molecular weight excluding hydrogens is 311 g/mol. The summed E-state index contributed by atoms with van der Waals surface area (Å²) in [5, 5.41) is 3.29. The molecule has 1 aromatic rings. The van der Waals surface area contributed by atoms with Gasteiger partial charge in [0.15, 0.2) is 0 Å². The van der Waals surface area contributed by atoms with Gasteiger partial charge in [0.05, 0.1) is 5.92 Å². The van der Waals surface area contributed by atoms with Crippen LogP contribution in [0, 0.1) is 11.7 Å². The third-order valence-electron chi connectivity index (χ3n) is 3.65. The molecule has 1 aliphatic carbocycles. The first-order valence-electron chi connectivity index (χ1n) is 6.46. The molecule has 104 valence electrons. The molecule has 1 saturated carbocycles. The van der Waals surface area contributed by atoms with Gasteiger partial charge in [0, 0.05) is 22.6 Å². The average Bonchev–Trinajstić information content (AvgIpc) is 3.15. The lowest BCUT2D eigenvalue weighted by Gasteiger charge is -2.19. The number of halogens is 2. The van der Waals surface area contributed by atoms with Crippen molar-refractivity contribution in [1.29, 1.82) is 0 Å². The Kier molecular flexibility index (Phi) is 4.58. The molecule has 0 radical (unpaired) electrons. The Morgan fingerprint density at radius 2 is 2.26 bits per heavy atom. The summed E-state index contributed by atoms with van der Waals surface area (Å²) >= 11 is 3.20. The molecule has 1 aliphatic rings. The Labute approximate surface area is 120 Å². The zero-order valence-electron chi connectivity index (χ0n) is 10.8.